The molecule has 0 radical (unpaired) electrons. The fraction of sp³-hybridized carbons (Fsp3) is 0.389. The van der Waals surface area contributed by atoms with Gasteiger partial charge in [0.05, 0.1) is 6.20 Å². The molecule has 0 amide bonds. The molecule has 1 saturated carbocycles. The Morgan fingerprint density at radius 2 is 2.04 bits per heavy atom. The summed E-state index contributed by atoms with van der Waals surface area (Å²) in [5, 5.41) is 13.3. The standard InChI is InChI=1S/C18H18F2N2O4/c19-12-5-6-14(20)16(8-12)26-13-9-17(23)22(21-10-13)15(18(24)25)7-11-3-1-2-4-11/h5-6,8-11,15H,1-4,7H2,(H,24,25). The molecule has 1 unspecified atom stereocenters. The van der Waals surface area contributed by atoms with Crippen molar-refractivity contribution in [1.82, 2.24) is 9.78 Å². The zero-order valence-electron chi connectivity index (χ0n) is 13.9. The van der Waals surface area contributed by atoms with Gasteiger partial charge in [-0.25, -0.2) is 18.3 Å². The third-order valence-corrected chi connectivity index (χ3v) is 4.53. The van der Waals surface area contributed by atoms with Crippen LogP contribution >= 0.6 is 0 Å². The summed E-state index contributed by atoms with van der Waals surface area (Å²) < 4.78 is 32.9. The normalized spacial score (nSPS) is 15.8. The van der Waals surface area contributed by atoms with Crippen molar-refractivity contribution in [2.75, 3.05) is 0 Å². The third kappa shape index (κ3) is 4.07. The van der Waals surface area contributed by atoms with Gasteiger partial charge in [-0.05, 0) is 24.5 Å². The lowest BCUT2D eigenvalue weighted by molar-refractivity contribution is -0.142. The second-order valence-corrected chi connectivity index (χ2v) is 6.39. The number of carboxylic acid groups (broad SMARTS) is 1. The molecule has 1 aromatic carbocycles. The van der Waals surface area contributed by atoms with E-state index in [4.69, 9.17) is 4.74 Å². The molecule has 1 aliphatic rings. The van der Waals surface area contributed by atoms with Crippen LogP contribution in [0.3, 0.4) is 0 Å². The summed E-state index contributed by atoms with van der Waals surface area (Å²) in [4.78, 5) is 23.9. The van der Waals surface area contributed by atoms with Gasteiger partial charge in [-0.1, -0.05) is 25.7 Å². The van der Waals surface area contributed by atoms with Crippen LogP contribution in [0.1, 0.15) is 38.1 Å². The van der Waals surface area contributed by atoms with Gasteiger partial charge in [-0.3, -0.25) is 4.79 Å². The van der Waals surface area contributed by atoms with E-state index in [1.807, 2.05) is 0 Å². The van der Waals surface area contributed by atoms with Crippen molar-refractivity contribution in [3.05, 3.63) is 52.5 Å². The molecular formula is C18H18F2N2O4. The maximum absolute atomic E-state index is 13.6. The molecule has 1 fully saturated rings. The van der Waals surface area contributed by atoms with Gasteiger partial charge < -0.3 is 9.84 Å². The molecule has 6 nitrogen and oxygen atoms in total. The van der Waals surface area contributed by atoms with E-state index in [1.165, 1.54) is 0 Å². The molecule has 1 aliphatic carbocycles. The number of hydrogen-bond donors (Lipinski definition) is 1. The van der Waals surface area contributed by atoms with Crippen LogP contribution in [0, 0.1) is 17.6 Å². The summed E-state index contributed by atoms with van der Waals surface area (Å²) in [7, 11) is 0. The zero-order valence-corrected chi connectivity index (χ0v) is 13.9. The lowest BCUT2D eigenvalue weighted by Gasteiger charge is -2.18. The summed E-state index contributed by atoms with van der Waals surface area (Å²) in [6, 6.07) is 2.65. The molecule has 1 N–H and O–H groups in total. The topological polar surface area (TPSA) is 81.4 Å². The van der Waals surface area contributed by atoms with Gasteiger partial charge in [0.2, 0.25) is 0 Å². The van der Waals surface area contributed by atoms with Crippen molar-refractivity contribution >= 4 is 5.97 Å². The van der Waals surface area contributed by atoms with Gasteiger partial charge in [-0.15, -0.1) is 0 Å². The number of nitrogens with zero attached hydrogens (tertiary/aromatic N) is 2. The maximum atomic E-state index is 13.6. The Hall–Kier alpha value is -2.77. The van der Waals surface area contributed by atoms with Gasteiger partial charge in [-0.2, -0.15) is 5.10 Å². The lowest BCUT2D eigenvalue weighted by Crippen LogP contribution is -2.32. The summed E-state index contributed by atoms with van der Waals surface area (Å²) in [6.07, 6.45) is 5.46. The summed E-state index contributed by atoms with van der Waals surface area (Å²) in [5.41, 5.74) is -0.676. The van der Waals surface area contributed by atoms with E-state index in [0.29, 0.717) is 6.42 Å². The third-order valence-electron chi connectivity index (χ3n) is 4.53. The van der Waals surface area contributed by atoms with Crippen LogP contribution in [-0.4, -0.2) is 20.9 Å². The molecule has 26 heavy (non-hydrogen) atoms. The van der Waals surface area contributed by atoms with Crippen LogP contribution in [0.2, 0.25) is 0 Å². The highest BCUT2D eigenvalue weighted by Crippen LogP contribution is 2.31. The van der Waals surface area contributed by atoms with Gasteiger partial charge in [0, 0.05) is 12.1 Å². The van der Waals surface area contributed by atoms with Gasteiger partial charge in [0.25, 0.3) is 5.56 Å². The summed E-state index contributed by atoms with van der Waals surface area (Å²) in [5.74, 6) is -2.84. The summed E-state index contributed by atoms with van der Waals surface area (Å²) in [6.45, 7) is 0. The molecule has 1 atom stereocenters. The predicted octanol–water partition coefficient (Wildman–Crippen LogP) is 3.52. The second kappa shape index (κ2) is 7.63. The molecule has 138 valence electrons. The predicted molar refractivity (Wildman–Crippen MR) is 88.2 cm³/mol. The Kier molecular flexibility index (Phi) is 5.29. The van der Waals surface area contributed by atoms with Gasteiger partial charge in [0.1, 0.15) is 5.82 Å². The lowest BCUT2D eigenvalue weighted by atomic mass is 9.98. The number of carbonyl (C=O) groups is 1. The van der Waals surface area contributed by atoms with Crippen LogP contribution in [-0.2, 0) is 4.79 Å². The van der Waals surface area contributed by atoms with Crippen molar-refractivity contribution in [1.29, 1.82) is 0 Å². The second-order valence-electron chi connectivity index (χ2n) is 6.39. The smallest absolute Gasteiger partial charge is 0.328 e. The van der Waals surface area contributed by atoms with E-state index in [2.05, 4.69) is 5.10 Å². The Labute approximate surface area is 148 Å². The van der Waals surface area contributed by atoms with Crippen LogP contribution in [0.15, 0.2) is 35.3 Å². The molecule has 2 aromatic rings. The molecule has 3 rings (SSSR count). The fourth-order valence-corrected chi connectivity index (χ4v) is 3.24. The number of carboxylic acids is 1. The quantitative estimate of drug-likeness (QED) is 0.848. The first-order chi connectivity index (χ1) is 12.4. The number of halogens is 2. The number of benzene rings is 1. The Morgan fingerprint density at radius 1 is 1.31 bits per heavy atom. The number of aromatic nitrogens is 2. The molecule has 1 heterocycles. The van der Waals surface area contributed by atoms with E-state index in [-0.39, 0.29) is 17.4 Å². The molecule has 1 aromatic heterocycles. The van der Waals surface area contributed by atoms with Crippen LogP contribution < -0.4 is 10.3 Å². The Bertz CT molecular complexity index is 863. The van der Waals surface area contributed by atoms with E-state index in [1.54, 1.807) is 0 Å². The molecule has 0 spiro atoms. The van der Waals surface area contributed by atoms with Crippen molar-refractivity contribution in [3.8, 4) is 11.5 Å². The van der Waals surface area contributed by atoms with Crippen molar-refractivity contribution < 1.29 is 23.4 Å². The summed E-state index contributed by atoms with van der Waals surface area (Å²) >= 11 is 0. The van der Waals surface area contributed by atoms with E-state index >= 15 is 0 Å². The monoisotopic (exact) mass is 364 g/mol. The van der Waals surface area contributed by atoms with Crippen molar-refractivity contribution in [2.24, 2.45) is 5.92 Å². The minimum Gasteiger partial charge on any atom is -0.480 e. The highest BCUT2D eigenvalue weighted by atomic mass is 19.1. The van der Waals surface area contributed by atoms with E-state index < -0.39 is 29.2 Å². The molecule has 8 heteroatoms. The minimum atomic E-state index is -1.13. The van der Waals surface area contributed by atoms with E-state index in [9.17, 15) is 23.5 Å². The SMILES string of the molecule is O=C(O)C(CC1CCCC1)n1ncc(Oc2cc(F)ccc2F)cc1=O. The first kappa shape index (κ1) is 18.0. The first-order valence-electron chi connectivity index (χ1n) is 8.38. The Balaban J connectivity index is 1.82. The van der Waals surface area contributed by atoms with Crippen LogP contribution in [0.5, 0.6) is 11.5 Å². The van der Waals surface area contributed by atoms with Gasteiger partial charge in [0.15, 0.2) is 23.4 Å². The number of rotatable bonds is 6. The zero-order chi connectivity index (χ0) is 18.7. The number of aliphatic carboxylic acids is 1. The average molecular weight is 364 g/mol. The van der Waals surface area contributed by atoms with Crippen LogP contribution in [0.4, 0.5) is 8.78 Å². The van der Waals surface area contributed by atoms with Gasteiger partial charge >= 0.3 is 5.97 Å². The number of ether oxygens (including phenoxy) is 1. The van der Waals surface area contributed by atoms with Crippen LogP contribution in [0.25, 0.3) is 0 Å². The molecular weight excluding hydrogens is 346 g/mol. The fourth-order valence-electron chi connectivity index (χ4n) is 3.24. The number of hydrogen-bond acceptors (Lipinski definition) is 4. The highest BCUT2D eigenvalue weighted by Gasteiger charge is 2.28. The molecule has 0 bridgehead atoms. The van der Waals surface area contributed by atoms with E-state index in [0.717, 1.165) is 60.8 Å². The highest BCUT2D eigenvalue weighted by molar-refractivity contribution is 5.71. The molecule has 0 saturated heterocycles. The van der Waals surface area contributed by atoms with Crippen molar-refractivity contribution in [3.63, 3.8) is 0 Å². The molecule has 0 aliphatic heterocycles. The largest absolute Gasteiger partial charge is 0.480 e. The average Bonchev–Trinajstić information content (AvgIpc) is 3.10. The minimum absolute atomic E-state index is 0.0965. The van der Waals surface area contributed by atoms with Crippen molar-refractivity contribution in [2.45, 2.75) is 38.1 Å². The maximum Gasteiger partial charge on any atom is 0.328 e. The Morgan fingerprint density at radius 3 is 2.69 bits per heavy atom. The first-order valence-corrected chi connectivity index (χ1v) is 8.38.